The minimum atomic E-state index is -2.98. The summed E-state index contributed by atoms with van der Waals surface area (Å²) in [5.41, 5.74) is 0. The molecule has 0 saturated carbocycles. The minimum absolute atomic E-state index is 0.00542. The fourth-order valence-electron chi connectivity index (χ4n) is 1.39. The van der Waals surface area contributed by atoms with Crippen molar-refractivity contribution in [1.82, 2.24) is 10.6 Å². The Morgan fingerprint density at radius 1 is 1.57 bits per heavy atom. The quantitative estimate of drug-likeness (QED) is 0.630. The largest absolute Gasteiger partial charge is 0.354 e. The first-order chi connectivity index (χ1) is 6.49. The standard InChI is InChI=1S/C8H16N2O3S/c1-14(12,13)6-5-10-8(11)7-3-2-4-9-7/h7,9H,2-6H2,1H3,(H,10,11)/t7-/m0/s1. The Kier molecular flexibility index (Phi) is 3.88. The van der Waals surface area contributed by atoms with Gasteiger partial charge in [0.05, 0.1) is 11.8 Å². The van der Waals surface area contributed by atoms with E-state index < -0.39 is 9.84 Å². The van der Waals surface area contributed by atoms with Gasteiger partial charge in [-0.15, -0.1) is 0 Å². The molecule has 0 spiro atoms. The van der Waals surface area contributed by atoms with Crippen molar-refractivity contribution in [1.29, 1.82) is 0 Å². The minimum Gasteiger partial charge on any atom is -0.354 e. The van der Waals surface area contributed by atoms with Gasteiger partial charge in [-0.3, -0.25) is 4.79 Å². The summed E-state index contributed by atoms with van der Waals surface area (Å²) in [7, 11) is -2.98. The van der Waals surface area contributed by atoms with Crippen molar-refractivity contribution < 1.29 is 13.2 Å². The van der Waals surface area contributed by atoms with E-state index in [1.807, 2.05) is 0 Å². The lowest BCUT2D eigenvalue weighted by Gasteiger charge is -2.10. The van der Waals surface area contributed by atoms with E-state index in [2.05, 4.69) is 10.6 Å². The van der Waals surface area contributed by atoms with Crippen molar-refractivity contribution in [2.45, 2.75) is 18.9 Å². The van der Waals surface area contributed by atoms with Crippen molar-refractivity contribution >= 4 is 15.7 Å². The number of carbonyl (C=O) groups excluding carboxylic acids is 1. The van der Waals surface area contributed by atoms with Crippen LogP contribution in [-0.4, -0.2) is 45.5 Å². The molecular formula is C8H16N2O3S. The van der Waals surface area contributed by atoms with Gasteiger partial charge in [-0.1, -0.05) is 0 Å². The Hall–Kier alpha value is -0.620. The van der Waals surface area contributed by atoms with E-state index in [0.717, 1.165) is 25.6 Å². The van der Waals surface area contributed by atoms with Gasteiger partial charge in [0.15, 0.2) is 0 Å². The summed E-state index contributed by atoms with van der Waals surface area (Å²) in [6, 6.07) is -0.130. The predicted octanol–water partition coefficient (Wildman–Crippen LogP) is -1.10. The molecule has 0 unspecified atom stereocenters. The summed E-state index contributed by atoms with van der Waals surface area (Å²) in [5.74, 6) is -0.0861. The van der Waals surface area contributed by atoms with Crippen LogP contribution in [0, 0.1) is 0 Å². The Labute approximate surface area is 84.2 Å². The number of sulfone groups is 1. The lowest BCUT2D eigenvalue weighted by atomic mass is 10.2. The van der Waals surface area contributed by atoms with E-state index in [0.29, 0.717) is 0 Å². The van der Waals surface area contributed by atoms with Gasteiger partial charge in [0.2, 0.25) is 5.91 Å². The number of hydrogen-bond donors (Lipinski definition) is 2. The lowest BCUT2D eigenvalue weighted by molar-refractivity contribution is -0.122. The second-order valence-corrected chi connectivity index (χ2v) is 5.83. The van der Waals surface area contributed by atoms with Gasteiger partial charge in [0, 0.05) is 12.8 Å². The van der Waals surface area contributed by atoms with Gasteiger partial charge in [-0.25, -0.2) is 8.42 Å². The van der Waals surface area contributed by atoms with Crippen molar-refractivity contribution in [3.8, 4) is 0 Å². The molecule has 0 radical (unpaired) electrons. The fraction of sp³-hybridized carbons (Fsp3) is 0.875. The topological polar surface area (TPSA) is 75.3 Å². The van der Waals surface area contributed by atoms with Crippen LogP contribution in [0.5, 0.6) is 0 Å². The monoisotopic (exact) mass is 220 g/mol. The molecule has 1 rings (SSSR count). The molecule has 1 amide bonds. The summed E-state index contributed by atoms with van der Waals surface area (Å²) in [5, 5.41) is 5.64. The average molecular weight is 220 g/mol. The molecule has 0 aromatic rings. The van der Waals surface area contributed by atoms with Crippen molar-refractivity contribution in [3.05, 3.63) is 0 Å². The molecule has 14 heavy (non-hydrogen) atoms. The highest BCUT2D eigenvalue weighted by Crippen LogP contribution is 2.04. The molecule has 5 nitrogen and oxygen atoms in total. The first-order valence-corrected chi connectivity index (χ1v) is 6.74. The second-order valence-electron chi connectivity index (χ2n) is 3.57. The lowest BCUT2D eigenvalue weighted by Crippen LogP contribution is -2.41. The van der Waals surface area contributed by atoms with Crippen LogP contribution in [0.3, 0.4) is 0 Å². The highest BCUT2D eigenvalue weighted by atomic mass is 32.2. The number of rotatable bonds is 4. The van der Waals surface area contributed by atoms with Crippen molar-refractivity contribution in [2.75, 3.05) is 25.1 Å². The maximum Gasteiger partial charge on any atom is 0.237 e. The highest BCUT2D eigenvalue weighted by Gasteiger charge is 2.21. The smallest absolute Gasteiger partial charge is 0.237 e. The molecule has 2 N–H and O–H groups in total. The molecule has 1 atom stereocenters. The van der Waals surface area contributed by atoms with Crippen molar-refractivity contribution in [2.24, 2.45) is 0 Å². The molecule has 82 valence electrons. The molecule has 1 aliphatic rings. The summed E-state index contributed by atoms with van der Waals surface area (Å²) in [6.45, 7) is 1.07. The number of carbonyl (C=O) groups is 1. The molecule has 0 aromatic carbocycles. The number of hydrogen-bond acceptors (Lipinski definition) is 4. The first-order valence-electron chi connectivity index (χ1n) is 4.68. The van der Waals surface area contributed by atoms with E-state index in [9.17, 15) is 13.2 Å². The van der Waals surface area contributed by atoms with Gasteiger partial charge in [-0.2, -0.15) is 0 Å². The molecular weight excluding hydrogens is 204 g/mol. The number of amides is 1. The molecule has 6 heteroatoms. The van der Waals surface area contributed by atoms with Gasteiger partial charge >= 0.3 is 0 Å². The Bertz CT molecular complexity index is 294. The van der Waals surface area contributed by atoms with Crippen LogP contribution < -0.4 is 10.6 Å². The van der Waals surface area contributed by atoms with E-state index in [1.54, 1.807) is 0 Å². The maximum absolute atomic E-state index is 11.4. The third kappa shape index (κ3) is 4.06. The zero-order valence-corrected chi connectivity index (χ0v) is 9.06. The van der Waals surface area contributed by atoms with Crippen LogP contribution in [0.15, 0.2) is 0 Å². The third-order valence-corrected chi connectivity index (χ3v) is 3.09. The molecule has 0 aliphatic carbocycles. The predicted molar refractivity (Wildman–Crippen MR) is 53.7 cm³/mol. The van der Waals surface area contributed by atoms with Gasteiger partial charge < -0.3 is 10.6 Å². The summed E-state index contributed by atoms with van der Waals surface area (Å²) < 4.78 is 21.5. The normalized spacial score (nSPS) is 22.2. The second kappa shape index (κ2) is 4.75. The maximum atomic E-state index is 11.4. The van der Waals surface area contributed by atoms with E-state index in [-0.39, 0.29) is 24.2 Å². The molecule has 1 heterocycles. The van der Waals surface area contributed by atoms with Gasteiger partial charge in [-0.05, 0) is 19.4 Å². The van der Waals surface area contributed by atoms with E-state index in [1.165, 1.54) is 0 Å². The van der Waals surface area contributed by atoms with Crippen LogP contribution in [0.4, 0.5) is 0 Å². The van der Waals surface area contributed by atoms with Crippen LogP contribution >= 0.6 is 0 Å². The molecule has 0 bridgehead atoms. The van der Waals surface area contributed by atoms with Gasteiger partial charge in [0.1, 0.15) is 9.84 Å². The third-order valence-electron chi connectivity index (χ3n) is 2.15. The summed E-state index contributed by atoms with van der Waals surface area (Å²) in [6.07, 6.45) is 3.00. The fourth-order valence-corrected chi connectivity index (χ4v) is 1.86. The Morgan fingerprint density at radius 2 is 2.29 bits per heavy atom. The SMILES string of the molecule is CS(=O)(=O)CCNC(=O)[C@@H]1CCCN1. The van der Waals surface area contributed by atoms with Crippen molar-refractivity contribution in [3.63, 3.8) is 0 Å². The van der Waals surface area contributed by atoms with E-state index >= 15 is 0 Å². The highest BCUT2D eigenvalue weighted by molar-refractivity contribution is 7.90. The van der Waals surface area contributed by atoms with Crippen LogP contribution in [0.25, 0.3) is 0 Å². The van der Waals surface area contributed by atoms with Crippen LogP contribution in [-0.2, 0) is 14.6 Å². The summed E-state index contributed by atoms with van der Waals surface area (Å²) >= 11 is 0. The first kappa shape index (κ1) is 11.5. The molecule has 1 fully saturated rings. The van der Waals surface area contributed by atoms with Crippen LogP contribution in [0.1, 0.15) is 12.8 Å². The summed E-state index contributed by atoms with van der Waals surface area (Å²) in [4.78, 5) is 11.4. The zero-order valence-electron chi connectivity index (χ0n) is 8.25. The Morgan fingerprint density at radius 3 is 2.79 bits per heavy atom. The average Bonchev–Trinajstić information content (AvgIpc) is 2.53. The van der Waals surface area contributed by atoms with Gasteiger partial charge in [0.25, 0.3) is 0 Å². The molecule has 1 saturated heterocycles. The van der Waals surface area contributed by atoms with E-state index in [4.69, 9.17) is 0 Å². The number of nitrogens with one attached hydrogen (secondary N) is 2. The molecule has 1 aliphatic heterocycles. The molecule has 0 aromatic heterocycles. The Balaban J connectivity index is 2.21. The van der Waals surface area contributed by atoms with Crippen LogP contribution in [0.2, 0.25) is 0 Å². The zero-order chi connectivity index (χ0) is 10.6.